The maximum atomic E-state index is 3.82. The van der Waals surface area contributed by atoms with Crippen molar-refractivity contribution in [2.75, 3.05) is 0 Å². The Hall–Kier alpha value is -3.08. The van der Waals surface area contributed by atoms with E-state index in [2.05, 4.69) is 167 Å². The maximum Gasteiger partial charge on any atom is 0.0535 e. The Morgan fingerprint density at radius 3 is 1.28 bits per heavy atom. The predicted molar refractivity (Wildman–Crippen MR) is 266 cm³/mol. The first-order chi connectivity index (χ1) is 29.0. The van der Waals surface area contributed by atoms with Crippen LogP contribution in [0.5, 0.6) is 0 Å². The van der Waals surface area contributed by atoms with Gasteiger partial charge in [0.15, 0.2) is 0 Å². The average Bonchev–Trinajstić information content (AvgIpc) is 3.73. The third kappa shape index (κ3) is 9.91. The summed E-state index contributed by atoms with van der Waals surface area (Å²) in [5.74, 6) is 4.87. The maximum absolute atomic E-state index is 3.82. The molecule has 2 nitrogen and oxygen atoms in total. The summed E-state index contributed by atoms with van der Waals surface area (Å²) in [6.45, 7) is 14.4. The van der Waals surface area contributed by atoms with Crippen molar-refractivity contribution in [1.29, 1.82) is 0 Å². The van der Waals surface area contributed by atoms with Crippen molar-refractivity contribution in [2.24, 2.45) is 35.5 Å². The number of fused-ring (bicyclic) bond motifs is 6. The SMILES string of the molecule is CC(C)CCCC(C)CCC1CCc2c(c3cc(Br)ccc3n2-c2ccc(-c3ccc(-n4c5c(c6cc(Br)ccc64)CC(CCC(C)CCCC(C)C)CC5)cc3)cc2)C1. The topological polar surface area (TPSA) is 9.86 Å². The standard InChI is InChI=1S/C56H70Br2N2/c1-37(2)9-7-11-39(5)13-15-41-17-29-53-49(33-41)51-35-45(57)23-31-55(51)59(53)47-25-19-43(20-26-47)44-21-27-48(28-22-44)60-54-30-18-42(16-14-40(6)12-8-10-38(3)4)34-50(54)52-36-46(58)24-32-56(52)60/h19-28,31-32,35-42H,7-18,29-30,33-34H2,1-6H3. The van der Waals surface area contributed by atoms with Gasteiger partial charge in [0, 0.05) is 42.5 Å². The summed E-state index contributed by atoms with van der Waals surface area (Å²) in [7, 11) is 0. The van der Waals surface area contributed by atoms with Crippen molar-refractivity contribution in [3.63, 3.8) is 0 Å². The molecule has 0 N–H and O–H groups in total. The summed E-state index contributed by atoms with van der Waals surface area (Å²) in [6.07, 6.45) is 21.0. The van der Waals surface area contributed by atoms with E-state index in [1.54, 1.807) is 11.1 Å². The van der Waals surface area contributed by atoms with Gasteiger partial charge in [-0.1, -0.05) is 149 Å². The summed E-state index contributed by atoms with van der Waals surface area (Å²) >= 11 is 7.64. The van der Waals surface area contributed by atoms with Crippen LogP contribution in [0, 0.1) is 35.5 Å². The Morgan fingerprint density at radius 2 is 0.900 bits per heavy atom. The molecule has 8 rings (SSSR count). The van der Waals surface area contributed by atoms with Gasteiger partial charge in [-0.05, 0) is 170 Å². The lowest BCUT2D eigenvalue weighted by Crippen LogP contribution is -2.16. The molecule has 4 atom stereocenters. The number of nitrogens with zero attached hydrogens (tertiary/aromatic N) is 2. The average molecular weight is 931 g/mol. The molecule has 0 amide bonds. The van der Waals surface area contributed by atoms with E-state index in [0.29, 0.717) is 0 Å². The van der Waals surface area contributed by atoms with Gasteiger partial charge in [-0.15, -0.1) is 0 Å². The lowest BCUT2D eigenvalue weighted by atomic mass is 9.81. The molecule has 2 aliphatic carbocycles. The summed E-state index contributed by atoms with van der Waals surface area (Å²) in [4.78, 5) is 0. The molecular weight excluding hydrogens is 860 g/mol. The zero-order valence-corrected chi connectivity index (χ0v) is 40.7. The summed E-state index contributed by atoms with van der Waals surface area (Å²) in [6, 6.07) is 32.6. The molecule has 0 saturated carbocycles. The minimum absolute atomic E-state index is 0.783. The second kappa shape index (κ2) is 19.5. The fourth-order valence-corrected chi connectivity index (χ4v) is 11.7. The van der Waals surface area contributed by atoms with E-state index >= 15 is 0 Å². The monoisotopic (exact) mass is 928 g/mol. The third-order valence-electron chi connectivity index (χ3n) is 14.5. The highest BCUT2D eigenvalue weighted by molar-refractivity contribution is 9.10. The Kier molecular flexibility index (Phi) is 14.2. The van der Waals surface area contributed by atoms with Gasteiger partial charge in [-0.25, -0.2) is 0 Å². The number of benzene rings is 4. The van der Waals surface area contributed by atoms with Gasteiger partial charge in [0.2, 0.25) is 0 Å². The lowest BCUT2D eigenvalue weighted by molar-refractivity contribution is 0.353. The fraction of sp³-hybridized carbons (Fsp3) is 0.500. The van der Waals surface area contributed by atoms with Gasteiger partial charge in [0.1, 0.15) is 0 Å². The molecular formula is C56H70Br2N2. The Bertz CT molecular complexity index is 2190. The molecule has 0 spiro atoms. The molecule has 4 heteroatoms. The minimum atomic E-state index is 0.783. The molecule has 0 bridgehead atoms. The van der Waals surface area contributed by atoms with E-state index in [0.717, 1.165) is 48.3 Å². The molecule has 0 aliphatic heterocycles. The Balaban J connectivity index is 0.983. The normalized spacial score (nSPS) is 17.8. The number of aromatic nitrogens is 2. The number of halogens is 2. The number of rotatable bonds is 17. The van der Waals surface area contributed by atoms with Gasteiger partial charge in [-0.2, -0.15) is 0 Å². The van der Waals surface area contributed by atoms with Gasteiger partial charge in [0.25, 0.3) is 0 Å². The van der Waals surface area contributed by atoms with Crippen molar-refractivity contribution >= 4 is 53.7 Å². The van der Waals surface area contributed by atoms with Crippen LogP contribution in [-0.2, 0) is 25.7 Å². The summed E-state index contributed by atoms with van der Waals surface area (Å²) < 4.78 is 7.50. The summed E-state index contributed by atoms with van der Waals surface area (Å²) in [5, 5.41) is 2.86. The lowest BCUT2D eigenvalue weighted by Gasteiger charge is -2.25. The van der Waals surface area contributed by atoms with Crippen LogP contribution in [0.25, 0.3) is 44.3 Å². The first-order valence-electron chi connectivity index (χ1n) is 23.9. The van der Waals surface area contributed by atoms with Crippen LogP contribution >= 0.6 is 31.9 Å². The van der Waals surface area contributed by atoms with Gasteiger partial charge in [0.05, 0.1) is 11.0 Å². The second-order valence-electron chi connectivity index (χ2n) is 20.2. The smallest absolute Gasteiger partial charge is 0.0535 e. The van der Waals surface area contributed by atoms with E-state index in [1.807, 2.05) is 0 Å². The van der Waals surface area contributed by atoms with Crippen molar-refractivity contribution in [3.05, 3.63) is 116 Å². The molecule has 60 heavy (non-hydrogen) atoms. The quantitative estimate of drug-likeness (QED) is 0.0862. The predicted octanol–water partition coefficient (Wildman–Crippen LogP) is 17.5. The van der Waals surface area contributed by atoms with Crippen LogP contribution < -0.4 is 0 Å². The van der Waals surface area contributed by atoms with E-state index in [1.165, 1.54) is 155 Å². The highest BCUT2D eigenvalue weighted by atomic mass is 79.9. The van der Waals surface area contributed by atoms with E-state index in [-0.39, 0.29) is 0 Å². The van der Waals surface area contributed by atoms with Crippen LogP contribution in [0.4, 0.5) is 0 Å². The van der Waals surface area contributed by atoms with Gasteiger partial charge >= 0.3 is 0 Å². The van der Waals surface area contributed by atoms with Crippen molar-refractivity contribution in [3.8, 4) is 22.5 Å². The number of hydrogen-bond acceptors (Lipinski definition) is 0. The molecule has 0 saturated heterocycles. The van der Waals surface area contributed by atoms with E-state index in [4.69, 9.17) is 0 Å². The van der Waals surface area contributed by atoms with Crippen molar-refractivity contribution < 1.29 is 0 Å². The molecule has 0 radical (unpaired) electrons. The molecule has 4 aromatic carbocycles. The second-order valence-corrected chi connectivity index (χ2v) is 22.0. The van der Waals surface area contributed by atoms with Crippen LogP contribution in [0.15, 0.2) is 93.9 Å². The van der Waals surface area contributed by atoms with Crippen LogP contribution in [0.3, 0.4) is 0 Å². The Morgan fingerprint density at radius 1 is 0.500 bits per heavy atom. The summed E-state index contributed by atoms with van der Waals surface area (Å²) in [5.41, 5.74) is 14.0. The molecule has 2 aromatic heterocycles. The van der Waals surface area contributed by atoms with Gasteiger partial charge in [-0.3, -0.25) is 0 Å². The van der Waals surface area contributed by atoms with E-state index in [9.17, 15) is 0 Å². The third-order valence-corrected chi connectivity index (χ3v) is 15.5. The van der Waals surface area contributed by atoms with Crippen LogP contribution in [0.1, 0.15) is 141 Å². The molecule has 2 aliphatic rings. The minimum Gasteiger partial charge on any atom is -0.313 e. The van der Waals surface area contributed by atoms with E-state index < -0.39 is 0 Å². The first-order valence-corrected chi connectivity index (χ1v) is 25.5. The molecule has 2 heterocycles. The van der Waals surface area contributed by atoms with Gasteiger partial charge < -0.3 is 9.13 Å². The van der Waals surface area contributed by atoms with Crippen molar-refractivity contribution in [1.82, 2.24) is 9.13 Å². The largest absolute Gasteiger partial charge is 0.313 e. The Labute approximate surface area is 379 Å². The highest BCUT2D eigenvalue weighted by Crippen LogP contribution is 2.42. The zero-order chi connectivity index (χ0) is 41.9. The molecule has 6 aromatic rings. The zero-order valence-electron chi connectivity index (χ0n) is 37.5. The van der Waals surface area contributed by atoms with Crippen LogP contribution in [-0.4, -0.2) is 9.13 Å². The molecule has 318 valence electrons. The molecule has 0 fully saturated rings. The fourth-order valence-electron chi connectivity index (χ4n) is 11.0. The highest BCUT2D eigenvalue weighted by Gasteiger charge is 2.28. The van der Waals surface area contributed by atoms with Crippen LogP contribution in [0.2, 0.25) is 0 Å². The van der Waals surface area contributed by atoms with Crippen molar-refractivity contribution in [2.45, 2.75) is 144 Å². The molecule has 4 unspecified atom stereocenters. The first kappa shape index (κ1) is 43.6. The number of hydrogen-bond donors (Lipinski definition) is 0.